The van der Waals surface area contributed by atoms with Gasteiger partial charge in [-0.05, 0) is 18.2 Å². The van der Waals surface area contributed by atoms with Crippen molar-refractivity contribution in [3.63, 3.8) is 0 Å². The van der Waals surface area contributed by atoms with Crippen LogP contribution in [0.3, 0.4) is 0 Å². The Morgan fingerprint density at radius 3 is 2.50 bits per heavy atom. The van der Waals surface area contributed by atoms with E-state index >= 15 is 0 Å². The summed E-state index contributed by atoms with van der Waals surface area (Å²) in [5, 5.41) is 11.1. The molecule has 0 atom stereocenters. The van der Waals surface area contributed by atoms with Crippen molar-refractivity contribution in [1.82, 2.24) is 4.31 Å². The SMILES string of the molecule is CCN(CC)S(=O)(=O)c1ccc(OC/C=C/Cl)c([N+](=O)[O-])c1. The van der Waals surface area contributed by atoms with Crippen LogP contribution in [-0.4, -0.2) is 37.3 Å². The maximum Gasteiger partial charge on any atom is 0.312 e. The normalized spacial score (nSPS) is 12.0. The van der Waals surface area contributed by atoms with Gasteiger partial charge < -0.3 is 4.74 Å². The van der Waals surface area contributed by atoms with Crippen LogP contribution in [0.2, 0.25) is 0 Å². The van der Waals surface area contributed by atoms with Gasteiger partial charge in [-0.3, -0.25) is 10.1 Å². The van der Waals surface area contributed by atoms with Crippen molar-refractivity contribution < 1.29 is 18.1 Å². The Morgan fingerprint density at radius 2 is 2.00 bits per heavy atom. The molecule has 1 aromatic rings. The van der Waals surface area contributed by atoms with Crippen LogP contribution in [0.5, 0.6) is 5.75 Å². The van der Waals surface area contributed by atoms with Crippen molar-refractivity contribution >= 4 is 27.3 Å². The lowest BCUT2D eigenvalue weighted by atomic mass is 10.3. The van der Waals surface area contributed by atoms with E-state index in [0.29, 0.717) is 0 Å². The van der Waals surface area contributed by atoms with Crippen molar-refractivity contribution in [1.29, 1.82) is 0 Å². The molecule has 7 nitrogen and oxygen atoms in total. The van der Waals surface area contributed by atoms with E-state index in [9.17, 15) is 18.5 Å². The van der Waals surface area contributed by atoms with Crippen LogP contribution in [0.1, 0.15) is 13.8 Å². The van der Waals surface area contributed by atoms with Crippen LogP contribution >= 0.6 is 11.6 Å². The van der Waals surface area contributed by atoms with E-state index in [4.69, 9.17) is 16.3 Å². The summed E-state index contributed by atoms with van der Waals surface area (Å²) in [5.41, 5.74) is 0.821. The third-order valence-electron chi connectivity index (χ3n) is 2.89. The lowest BCUT2D eigenvalue weighted by Gasteiger charge is -2.18. The number of nitrogens with zero attached hydrogens (tertiary/aromatic N) is 2. The van der Waals surface area contributed by atoms with Gasteiger partial charge in [0.2, 0.25) is 10.0 Å². The fraction of sp³-hybridized carbons (Fsp3) is 0.385. The summed E-state index contributed by atoms with van der Waals surface area (Å²) in [6.45, 7) is 4.01. The largest absolute Gasteiger partial charge is 0.483 e. The highest BCUT2D eigenvalue weighted by Gasteiger charge is 2.26. The molecule has 0 spiro atoms. The maximum atomic E-state index is 12.4. The molecule has 122 valence electrons. The van der Waals surface area contributed by atoms with E-state index in [0.717, 1.165) is 6.07 Å². The lowest BCUT2D eigenvalue weighted by Crippen LogP contribution is -2.30. The Morgan fingerprint density at radius 1 is 1.36 bits per heavy atom. The van der Waals surface area contributed by atoms with E-state index in [-0.39, 0.29) is 30.3 Å². The zero-order chi connectivity index (χ0) is 16.8. The molecule has 0 unspecified atom stereocenters. The van der Waals surface area contributed by atoms with Gasteiger partial charge in [0.25, 0.3) is 0 Å². The number of nitro groups is 1. The highest BCUT2D eigenvalue weighted by molar-refractivity contribution is 7.89. The van der Waals surface area contributed by atoms with Gasteiger partial charge in [-0.1, -0.05) is 25.4 Å². The molecule has 0 aliphatic heterocycles. The van der Waals surface area contributed by atoms with Crippen molar-refractivity contribution in [3.8, 4) is 5.75 Å². The fourth-order valence-electron chi connectivity index (χ4n) is 1.81. The second kappa shape index (κ2) is 8.11. The van der Waals surface area contributed by atoms with Crippen molar-refractivity contribution in [2.75, 3.05) is 19.7 Å². The van der Waals surface area contributed by atoms with E-state index in [1.807, 2.05) is 0 Å². The summed E-state index contributed by atoms with van der Waals surface area (Å²) in [7, 11) is -3.76. The summed E-state index contributed by atoms with van der Waals surface area (Å²) >= 11 is 5.34. The van der Waals surface area contributed by atoms with Crippen LogP contribution in [-0.2, 0) is 10.0 Å². The topological polar surface area (TPSA) is 89.8 Å². The van der Waals surface area contributed by atoms with Gasteiger partial charge >= 0.3 is 5.69 Å². The van der Waals surface area contributed by atoms with Gasteiger partial charge in [-0.2, -0.15) is 4.31 Å². The zero-order valence-corrected chi connectivity index (χ0v) is 13.8. The molecule has 22 heavy (non-hydrogen) atoms. The molecular formula is C13H17ClN2O5S. The van der Waals surface area contributed by atoms with Crippen LogP contribution in [0.4, 0.5) is 5.69 Å². The number of benzene rings is 1. The van der Waals surface area contributed by atoms with Crippen LogP contribution in [0.25, 0.3) is 0 Å². The average Bonchev–Trinajstić information content (AvgIpc) is 2.48. The van der Waals surface area contributed by atoms with Crippen LogP contribution in [0.15, 0.2) is 34.7 Å². The molecule has 0 N–H and O–H groups in total. The van der Waals surface area contributed by atoms with Crippen LogP contribution in [0, 0.1) is 10.1 Å². The van der Waals surface area contributed by atoms with Gasteiger partial charge in [0.05, 0.1) is 9.82 Å². The standard InChI is InChI=1S/C13H17ClN2O5S/c1-3-15(4-2)22(19,20)11-6-7-13(21-9-5-8-14)12(10-11)16(17)18/h5-8,10H,3-4,9H2,1-2H3/b8-5+. The highest BCUT2D eigenvalue weighted by Crippen LogP contribution is 2.30. The predicted octanol–water partition coefficient (Wildman–Crippen LogP) is 2.76. The lowest BCUT2D eigenvalue weighted by molar-refractivity contribution is -0.386. The molecule has 0 bridgehead atoms. The summed E-state index contributed by atoms with van der Waals surface area (Å²) in [4.78, 5) is 10.3. The zero-order valence-electron chi connectivity index (χ0n) is 12.2. The minimum absolute atomic E-state index is 0.0155. The second-order valence-electron chi connectivity index (χ2n) is 4.15. The molecule has 0 saturated carbocycles. The smallest absolute Gasteiger partial charge is 0.312 e. The average molecular weight is 349 g/mol. The number of halogens is 1. The maximum absolute atomic E-state index is 12.4. The molecule has 0 fully saturated rings. The molecule has 0 aromatic heterocycles. The van der Waals surface area contributed by atoms with Gasteiger partial charge in [-0.25, -0.2) is 8.42 Å². The van der Waals surface area contributed by atoms with E-state index in [1.54, 1.807) is 13.8 Å². The minimum atomic E-state index is -3.76. The first-order chi connectivity index (χ1) is 10.4. The number of hydrogen-bond acceptors (Lipinski definition) is 5. The van der Waals surface area contributed by atoms with Gasteiger partial charge in [0.1, 0.15) is 6.61 Å². The van der Waals surface area contributed by atoms with Gasteiger partial charge in [-0.15, -0.1) is 0 Å². The Balaban J connectivity index is 3.25. The summed E-state index contributed by atoms with van der Waals surface area (Å²) in [6.07, 6.45) is 1.46. The van der Waals surface area contributed by atoms with Gasteiger partial charge in [0.15, 0.2) is 5.75 Å². The molecule has 0 heterocycles. The van der Waals surface area contributed by atoms with E-state index in [2.05, 4.69) is 0 Å². The molecule has 0 aliphatic rings. The van der Waals surface area contributed by atoms with Crippen molar-refractivity contribution in [2.45, 2.75) is 18.7 Å². The number of sulfonamides is 1. The molecule has 1 rings (SSSR count). The van der Waals surface area contributed by atoms with Crippen molar-refractivity contribution in [2.24, 2.45) is 0 Å². The van der Waals surface area contributed by atoms with E-state index < -0.39 is 20.6 Å². The molecule has 0 aliphatic carbocycles. The quantitative estimate of drug-likeness (QED) is 0.532. The molecule has 0 amide bonds. The predicted molar refractivity (Wildman–Crippen MR) is 83.7 cm³/mol. The number of hydrogen-bond donors (Lipinski definition) is 0. The summed E-state index contributed by atoms with van der Waals surface area (Å²) in [6, 6.07) is 3.57. The summed E-state index contributed by atoms with van der Waals surface area (Å²) in [5.74, 6) is -0.0155. The fourth-order valence-corrected chi connectivity index (χ4v) is 3.36. The molecule has 9 heteroatoms. The Hall–Kier alpha value is -1.64. The Bertz CT molecular complexity index is 656. The monoisotopic (exact) mass is 348 g/mol. The first-order valence-electron chi connectivity index (χ1n) is 6.55. The first kappa shape index (κ1) is 18.4. The molecular weight excluding hydrogens is 332 g/mol. The minimum Gasteiger partial charge on any atom is -0.483 e. The third kappa shape index (κ3) is 4.19. The van der Waals surface area contributed by atoms with Crippen molar-refractivity contribution in [3.05, 3.63) is 39.9 Å². The molecule has 0 radical (unpaired) electrons. The number of rotatable bonds is 8. The summed E-state index contributed by atoms with van der Waals surface area (Å²) < 4.78 is 31.2. The van der Waals surface area contributed by atoms with E-state index in [1.165, 1.54) is 28.0 Å². The number of ether oxygens (including phenoxy) is 1. The first-order valence-corrected chi connectivity index (χ1v) is 8.42. The highest BCUT2D eigenvalue weighted by atomic mass is 35.5. The third-order valence-corrected chi connectivity index (χ3v) is 5.12. The van der Waals surface area contributed by atoms with Gasteiger partial charge in [0, 0.05) is 24.7 Å². The Kier molecular flexibility index (Phi) is 6.79. The molecule has 1 aromatic carbocycles. The number of nitro benzene ring substituents is 1. The molecule has 0 saturated heterocycles. The van der Waals surface area contributed by atoms with Crippen LogP contribution < -0.4 is 4.74 Å². The second-order valence-corrected chi connectivity index (χ2v) is 6.34. The Labute approximate surface area is 134 Å².